The van der Waals surface area contributed by atoms with Crippen LogP contribution in [0.5, 0.6) is 0 Å². The molecule has 1 N–H and O–H groups in total. The quantitative estimate of drug-likeness (QED) is 0.578. The molecule has 1 amide bonds. The summed E-state index contributed by atoms with van der Waals surface area (Å²) in [7, 11) is 0. The third-order valence-corrected chi connectivity index (χ3v) is 5.29. The van der Waals surface area contributed by atoms with Gasteiger partial charge in [0.15, 0.2) is 0 Å². The number of nitrogens with zero attached hydrogens (tertiary/aromatic N) is 3. The molecule has 0 aliphatic carbocycles. The smallest absolute Gasteiger partial charge is 0.226 e. The molecule has 0 spiro atoms. The van der Waals surface area contributed by atoms with E-state index in [1.54, 1.807) is 18.2 Å². The van der Waals surface area contributed by atoms with Crippen LogP contribution in [0.1, 0.15) is 38.0 Å². The van der Waals surface area contributed by atoms with Crippen LogP contribution >= 0.6 is 0 Å². The summed E-state index contributed by atoms with van der Waals surface area (Å²) in [4.78, 5) is 18.9. The van der Waals surface area contributed by atoms with Crippen LogP contribution in [0.25, 0.3) is 11.4 Å². The highest BCUT2D eigenvalue weighted by atomic mass is 19.1. The Labute approximate surface area is 179 Å². The number of carbonyl (C=O) groups excluding carboxylic acids is 1. The lowest BCUT2D eigenvalue weighted by Crippen LogP contribution is -2.30. The molecule has 8 heteroatoms. The van der Waals surface area contributed by atoms with Gasteiger partial charge >= 0.3 is 0 Å². The van der Waals surface area contributed by atoms with Crippen molar-refractivity contribution < 1.29 is 18.1 Å². The van der Waals surface area contributed by atoms with Gasteiger partial charge in [0, 0.05) is 31.5 Å². The molecule has 0 bridgehead atoms. The lowest BCUT2D eigenvalue weighted by Gasteiger charge is -2.30. The first-order chi connectivity index (χ1) is 15.1. The predicted octanol–water partition coefficient (Wildman–Crippen LogP) is 4.97. The van der Waals surface area contributed by atoms with E-state index in [2.05, 4.69) is 20.4 Å². The molecule has 1 aliphatic heterocycles. The molecule has 31 heavy (non-hydrogen) atoms. The zero-order valence-corrected chi connectivity index (χ0v) is 17.1. The van der Waals surface area contributed by atoms with E-state index in [0.717, 1.165) is 31.6 Å². The molecule has 2 heterocycles. The summed E-state index contributed by atoms with van der Waals surface area (Å²) in [5, 5.41) is 6.75. The van der Waals surface area contributed by atoms with Gasteiger partial charge in [-0.05, 0) is 68.1 Å². The fourth-order valence-corrected chi connectivity index (χ4v) is 3.70. The zero-order chi connectivity index (χ0) is 21.6. The van der Waals surface area contributed by atoms with Crippen LogP contribution in [0, 0.1) is 11.6 Å². The summed E-state index contributed by atoms with van der Waals surface area (Å²) in [6.45, 7) is 1.81. The van der Waals surface area contributed by atoms with E-state index in [1.165, 1.54) is 30.7 Å². The van der Waals surface area contributed by atoms with Gasteiger partial charge in [-0.2, -0.15) is 4.98 Å². The Morgan fingerprint density at radius 3 is 2.55 bits per heavy atom. The molecule has 1 aliphatic rings. The van der Waals surface area contributed by atoms with Crippen molar-refractivity contribution in [2.45, 2.75) is 38.5 Å². The minimum Gasteiger partial charge on any atom is -0.370 e. The largest absolute Gasteiger partial charge is 0.370 e. The van der Waals surface area contributed by atoms with Crippen molar-refractivity contribution in [3.8, 4) is 11.4 Å². The molecule has 0 atom stereocenters. The number of halogens is 2. The van der Waals surface area contributed by atoms with Crippen LogP contribution in [-0.4, -0.2) is 29.1 Å². The van der Waals surface area contributed by atoms with Crippen molar-refractivity contribution in [3.63, 3.8) is 0 Å². The molecule has 4 rings (SSSR count). The van der Waals surface area contributed by atoms with E-state index in [4.69, 9.17) is 4.52 Å². The standard InChI is InChI=1S/C23H24F2N4O2/c24-17-9-7-16(8-10-17)23-27-22(31-28-23)6-4-5-21(30)26-19-15-18(25)11-12-20(19)29-13-2-1-3-14-29/h7-12,15H,1-6,13-14H2,(H,26,30). The van der Waals surface area contributed by atoms with E-state index in [1.807, 2.05) is 0 Å². The minimum atomic E-state index is -0.379. The molecular formula is C23H24F2N4O2. The third-order valence-electron chi connectivity index (χ3n) is 5.29. The second-order valence-corrected chi connectivity index (χ2v) is 7.63. The van der Waals surface area contributed by atoms with Crippen LogP contribution in [0.2, 0.25) is 0 Å². The summed E-state index contributed by atoms with van der Waals surface area (Å²) < 4.78 is 32.0. The van der Waals surface area contributed by atoms with Gasteiger partial charge in [0.25, 0.3) is 0 Å². The first-order valence-electron chi connectivity index (χ1n) is 10.5. The van der Waals surface area contributed by atoms with E-state index < -0.39 is 0 Å². The number of aryl methyl sites for hydroxylation is 1. The highest BCUT2D eigenvalue weighted by Crippen LogP contribution is 2.29. The third kappa shape index (κ3) is 5.45. The van der Waals surface area contributed by atoms with Gasteiger partial charge in [-0.3, -0.25) is 4.79 Å². The monoisotopic (exact) mass is 426 g/mol. The van der Waals surface area contributed by atoms with Gasteiger partial charge < -0.3 is 14.7 Å². The highest BCUT2D eigenvalue weighted by Gasteiger charge is 2.17. The molecule has 6 nitrogen and oxygen atoms in total. The van der Waals surface area contributed by atoms with Gasteiger partial charge in [-0.15, -0.1) is 0 Å². The van der Waals surface area contributed by atoms with Gasteiger partial charge in [0.1, 0.15) is 11.6 Å². The number of amides is 1. The first-order valence-corrected chi connectivity index (χ1v) is 10.5. The lowest BCUT2D eigenvalue weighted by atomic mass is 10.1. The maximum absolute atomic E-state index is 13.8. The van der Waals surface area contributed by atoms with Crippen molar-refractivity contribution in [1.82, 2.24) is 10.1 Å². The maximum atomic E-state index is 13.8. The van der Waals surface area contributed by atoms with Gasteiger partial charge in [-0.1, -0.05) is 5.16 Å². The molecular weight excluding hydrogens is 402 g/mol. The van der Waals surface area contributed by atoms with Gasteiger partial charge in [0.2, 0.25) is 17.6 Å². The van der Waals surface area contributed by atoms with Crippen LogP contribution in [0.3, 0.4) is 0 Å². The van der Waals surface area contributed by atoms with Crippen LogP contribution < -0.4 is 10.2 Å². The summed E-state index contributed by atoms with van der Waals surface area (Å²) in [6, 6.07) is 10.3. The van der Waals surface area contributed by atoms with Crippen LogP contribution in [-0.2, 0) is 11.2 Å². The van der Waals surface area contributed by atoms with Crippen molar-refractivity contribution >= 4 is 17.3 Å². The number of benzene rings is 2. The van der Waals surface area contributed by atoms with E-state index in [-0.39, 0.29) is 24.0 Å². The minimum absolute atomic E-state index is 0.192. The average Bonchev–Trinajstić information content (AvgIpc) is 3.24. The number of anilines is 2. The Morgan fingerprint density at radius 1 is 1.03 bits per heavy atom. The van der Waals surface area contributed by atoms with E-state index in [9.17, 15) is 13.6 Å². The summed E-state index contributed by atoms with van der Waals surface area (Å²) >= 11 is 0. The fraction of sp³-hybridized carbons (Fsp3) is 0.348. The number of aromatic nitrogens is 2. The number of nitrogens with one attached hydrogen (secondary N) is 1. The number of rotatable bonds is 7. The molecule has 0 saturated carbocycles. The summed E-state index contributed by atoms with van der Waals surface area (Å²) in [6.07, 6.45) is 4.56. The number of hydrogen-bond donors (Lipinski definition) is 1. The van der Waals surface area contributed by atoms with E-state index >= 15 is 0 Å². The summed E-state index contributed by atoms with van der Waals surface area (Å²) in [5.41, 5.74) is 2.02. The first kappa shape index (κ1) is 21.0. The average molecular weight is 426 g/mol. The molecule has 2 aromatic carbocycles. The Balaban J connectivity index is 1.32. The normalized spacial score (nSPS) is 13.9. The van der Waals surface area contributed by atoms with Gasteiger partial charge in [-0.25, -0.2) is 8.78 Å². The van der Waals surface area contributed by atoms with E-state index in [0.29, 0.717) is 35.8 Å². The second-order valence-electron chi connectivity index (χ2n) is 7.63. The molecule has 1 aromatic heterocycles. The number of hydrogen-bond acceptors (Lipinski definition) is 5. The Hall–Kier alpha value is -3.29. The predicted molar refractivity (Wildman–Crippen MR) is 114 cm³/mol. The Kier molecular flexibility index (Phi) is 6.54. The maximum Gasteiger partial charge on any atom is 0.226 e. The molecule has 0 radical (unpaired) electrons. The molecule has 0 unspecified atom stereocenters. The molecule has 3 aromatic rings. The molecule has 1 fully saturated rings. The Morgan fingerprint density at radius 2 is 1.77 bits per heavy atom. The van der Waals surface area contributed by atoms with Crippen LogP contribution in [0.15, 0.2) is 47.0 Å². The van der Waals surface area contributed by atoms with Crippen molar-refractivity contribution in [2.24, 2.45) is 0 Å². The van der Waals surface area contributed by atoms with Crippen molar-refractivity contribution in [1.29, 1.82) is 0 Å². The van der Waals surface area contributed by atoms with Crippen molar-refractivity contribution in [2.75, 3.05) is 23.3 Å². The summed E-state index contributed by atoms with van der Waals surface area (Å²) in [5.74, 6) is -0.116. The zero-order valence-electron chi connectivity index (χ0n) is 17.1. The lowest BCUT2D eigenvalue weighted by molar-refractivity contribution is -0.116. The fourth-order valence-electron chi connectivity index (χ4n) is 3.70. The topological polar surface area (TPSA) is 71.3 Å². The second kappa shape index (κ2) is 9.68. The van der Waals surface area contributed by atoms with Crippen molar-refractivity contribution in [3.05, 3.63) is 60.0 Å². The molecule has 1 saturated heterocycles. The SMILES string of the molecule is O=C(CCCc1nc(-c2ccc(F)cc2)no1)Nc1cc(F)ccc1N1CCCCC1. The number of carbonyl (C=O) groups is 1. The Bertz CT molecular complexity index is 1030. The van der Waals surface area contributed by atoms with Gasteiger partial charge in [0.05, 0.1) is 11.4 Å². The molecule has 162 valence electrons. The highest BCUT2D eigenvalue weighted by molar-refractivity contribution is 5.94. The van der Waals surface area contributed by atoms with Crippen LogP contribution in [0.4, 0.5) is 20.2 Å². The number of piperidine rings is 1.